The van der Waals surface area contributed by atoms with Gasteiger partial charge in [-0.1, -0.05) is 54.6 Å². The van der Waals surface area contributed by atoms with Crippen LogP contribution in [0.5, 0.6) is 0 Å². The monoisotopic (exact) mass is 705 g/mol. The molecule has 0 bridgehead atoms. The summed E-state index contributed by atoms with van der Waals surface area (Å²) < 4.78 is 12.1. The SMILES string of the molecule is N#Cc1ccc2oc(-c3ccc(N(c4ccc(-c5nc6ccccc6o5)cc4)c4ccc5cc(-c6ccc7ccccc7c6)cc(C#N)c5c4)cc3)nc2c1. The zero-order chi connectivity index (χ0) is 36.9. The average molecular weight is 706 g/mol. The average Bonchev–Trinajstić information content (AvgIpc) is 3.88. The summed E-state index contributed by atoms with van der Waals surface area (Å²) in [6.45, 7) is 0. The highest BCUT2D eigenvalue weighted by Crippen LogP contribution is 2.40. The lowest BCUT2D eigenvalue weighted by atomic mass is 9.95. The predicted molar refractivity (Wildman–Crippen MR) is 217 cm³/mol. The number of anilines is 3. The third kappa shape index (κ3) is 5.70. The van der Waals surface area contributed by atoms with Gasteiger partial charge in [-0.3, -0.25) is 0 Å². The molecule has 0 atom stereocenters. The molecular formula is C48H27N5O2. The minimum absolute atomic E-state index is 0.470. The largest absolute Gasteiger partial charge is 0.436 e. The maximum Gasteiger partial charge on any atom is 0.227 e. The highest BCUT2D eigenvalue weighted by molar-refractivity contribution is 5.97. The summed E-state index contributed by atoms with van der Waals surface area (Å²) in [4.78, 5) is 11.5. The number of nitriles is 2. The van der Waals surface area contributed by atoms with Crippen molar-refractivity contribution in [2.24, 2.45) is 0 Å². The number of benzene rings is 8. The first kappa shape index (κ1) is 31.7. The minimum Gasteiger partial charge on any atom is -0.436 e. The normalized spacial score (nSPS) is 11.2. The van der Waals surface area contributed by atoms with Crippen molar-refractivity contribution < 1.29 is 8.83 Å². The molecule has 55 heavy (non-hydrogen) atoms. The Balaban J connectivity index is 1.06. The molecule has 0 unspecified atom stereocenters. The number of fused-ring (bicyclic) bond motifs is 4. The minimum atomic E-state index is 0.470. The van der Waals surface area contributed by atoms with Gasteiger partial charge < -0.3 is 13.7 Å². The van der Waals surface area contributed by atoms with Crippen LogP contribution in [0.25, 0.3) is 77.8 Å². The first-order chi connectivity index (χ1) is 27.1. The molecule has 10 aromatic rings. The molecule has 0 fully saturated rings. The van der Waals surface area contributed by atoms with Gasteiger partial charge in [-0.2, -0.15) is 10.5 Å². The van der Waals surface area contributed by atoms with E-state index >= 15 is 0 Å². The molecule has 0 N–H and O–H groups in total. The lowest BCUT2D eigenvalue weighted by Crippen LogP contribution is -2.10. The smallest absolute Gasteiger partial charge is 0.227 e. The fourth-order valence-corrected chi connectivity index (χ4v) is 7.18. The molecule has 2 aromatic heterocycles. The van der Waals surface area contributed by atoms with Crippen molar-refractivity contribution >= 4 is 60.8 Å². The molecule has 7 nitrogen and oxygen atoms in total. The lowest BCUT2D eigenvalue weighted by molar-refractivity contribution is 0.619. The Morgan fingerprint density at radius 2 is 1.04 bits per heavy atom. The van der Waals surface area contributed by atoms with Crippen LogP contribution >= 0.6 is 0 Å². The van der Waals surface area contributed by atoms with Gasteiger partial charge in [0, 0.05) is 33.6 Å². The fourth-order valence-electron chi connectivity index (χ4n) is 7.18. The van der Waals surface area contributed by atoms with E-state index in [0.717, 1.165) is 66.6 Å². The first-order valence-corrected chi connectivity index (χ1v) is 17.7. The number of nitrogens with zero attached hydrogens (tertiary/aromatic N) is 5. The highest BCUT2D eigenvalue weighted by Gasteiger charge is 2.18. The van der Waals surface area contributed by atoms with Crippen LogP contribution in [0.1, 0.15) is 11.1 Å². The van der Waals surface area contributed by atoms with Crippen molar-refractivity contribution in [3.05, 3.63) is 175 Å². The van der Waals surface area contributed by atoms with Gasteiger partial charge in [0.25, 0.3) is 0 Å². The maximum atomic E-state index is 10.4. The highest BCUT2D eigenvalue weighted by atomic mass is 16.4. The van der Waals surface area contributed by atoms with Crippen molar-refractivity contribution in [2.45, 2.75) is 0 Å². The quantitative estimate of drug-likeness (QED) is 0.170. The standard InChI is InChI=1S/C48H27N5O2/c49-28-30-9-22-46-44(23-30)52-48(55-46)33-14-19-40(20-15-33)53(39-17-12-32(13-18-39)47-51-43-7-3-4-8-45(43)54-47)41-21-16-36-25-37(26-38(29-50)42(36)27-41)35-11-10-31-5-1-2-6-34(31)24-35/h1-27H. The summed E-state index contributed by atoms with van der Waals surface area (Å²) in [6, 6.07) is 58.8. The molecule has 0 aliphatic carbocycles. The van der Waals surface area contributed by atoms with E-state index in [0.29, 0.717) is 34.0 Å². The molecule has 0 amide bonds. The Morgan fingerprint density at radius 3 is 1.75 bits per heavy atom. The van der Waals surface area contributed by atoms with Gasteiger partial charge in [0.1, 0.15) is 11.0 Å². The van der Waals surface area contributed by atoms with Crippen LogP contribution in [0.3, 0.4) is 0 Å². The van der Waals surface area contributed by atoms with Gasteiger partial charge in [0.2, 0.25) is 11.8 Å². The molecule has 0 saturated heterocycles. The molecule has 0 aliphatic heterocycles. The molecular weight excluding hydrogens is 679 g/mol. The molecule has 0 saturated carbocycles. The summed E-state index contributed by atoms with van der Waals surface area (Å²) in [7, 11) is 0. The van der Waals surface area contributed by atoms with Crippen LogP contribution < -0.4 is 4.90 Å². The number of oxazole rings is 2. The summed E-state index contributed by atoms with van der Waals surface area (Å²) in [5.74, 6) is 1.02. The number of hydrogen-bond donors (Lipinski definition) is 0. The topological polar surface area (TPSA) is 103 Å². The molecule has 0 spiro atoms. The van der Waals surface area contributed by atoms with Gasteiger partial charge >= 0.3 is 0 Å². The van der Waals surface area contributed by atoms with Gasteiger partial charge in [0.15, 0.2) is 11.2 Å². The van der Waals surface area contributed by atoms with Gasteiger partial charge in [-0.15, -0.1) is 0 Å². The van der Waals surface area contributed by atoms with E-state index < -0.39 is 0 Å². The summed E-state index contributed by atoms with van der Waals surface area (Å²) in [5, 5.41) is 23.9. The molecule has 256 valence electrons. The third-order valence-corrected chi connectivity index (χ3v) is 9.95. The fraction of sp³-hybridized carbons (Fsp3) is 0. The van der Waals surface area contributed by atoms with Gasteiger partial charge in [0.05, 0.1) is 23.3 Å². The van der Waals surface area contributed by atoms with Crippen molar-refractivity contribution in [2.75, 3.05) is 4.90 Å². The molecule has 8 aromatic carbocycles. The third-order valence-electron chi connectivity index (χ3n) is 9.95. The van der Waals surface area contributed by atoms with Crippen molar-refractivity contribution in [1.29, 1.82) is 10.5 Å². The molecule has 0 aliphatic rings. The van der Waals surface area contributed by atoms with E-state index in [1.54, 1.807) is 18.2 Å². The summed E-state index contributed by atoms with van der Waals surface area (Å²) in [6.07, 6.45) is 0. The Hall–Kier alpha value is -8.00. The molecule has 7 heteroatoms. The van der Waals surface area contributed by atoms with E-state index in [2.05, 4.69) is 76.6 Å². The zero-order valence-electron chi connectivity index (χ0n) is 29.1. The van der Waals surface area contributed by atoms with Crippen LogP contribution in [0.2, 0.25) is 0 Å². The maximum absolute atomic E-state index is 10.4. The van der Waals surface area contributed by atoms with Crippen LogP contribution in [0.15, 0.2) is 173 Å². The van der Waals surface area contributed by atoms with Crippen molar-refractivity contribution in [3.8, 4) is 46.2 Å². The number of para-hydroxylation sites is 2. The van der Waals surface area contributed by atoms with Crippen LogP contribution in [-0.4, -0.2) is 9.97 Å². The number of hydrogen-bond acceptors (Lipinski definition) is 7. The van der Waals surface area contributed by atoms with Gasteiger partial charge in [-0.25, -0.2) is 9.97 Å². The zero-order valence-corrected chi connectivity index (χ0v) is 29.1. The number of aromatic nitrogens is 2. The van der Waals surface area contributed by atoms with E-state index in [1.165, 1.54) is 5.39 Å². The van der Waals surface area contributed by atoms with E-state index in [9.17, 15) is 10.5 Å². The van der Waals surface area contributed by atoms with Gasteiger partial charge in [-0.05, 0) is 136 Å². The summed E-state index contributed by atoms with van der Waals surface area (Å²) >= 11 is 0. The lowest BCUT2D eigenvalue weighted by Gasteiger charge is -2.26. The molecule has 0 radical (unpaired) electrons. The Morgan fingerprint density at radius 1 is 0.436 bits per heavy atom. The second-order valence-electron chi connectivity index (χ2n) is 13.3. The molecule has 2 heterocycles. The van der Waals surface area contributed by atoms with E-state index in [-0.39, 0.29) is 0 Å². The Bertz CT molecular complexity index is 3150. The van der Waals surface area contributed by atoms with Crippen LogP contribution in [0, 0.1) is 22.7 Å². The second-order valence-corrected chi connectivity index (χ2v) is 13.3. The Labute approximate surface area is 315 Å². The second kappa shape index (κ2) is 12.9. The Kier molecular flexibility index (Phi) is 7.43. The first-order valence-electron chi connectivity index (χ1n) is 17.7. The number of rotatable bonds is 6. The van der Waals surface area contributed by atoms with E-state index in [4.69, 9.17) is 13.8 Å². The van der Waals surface area contributed by atoms with Crippen LogP contribution in [0.4, 0.5) is 17.1 Å². The van der Waals surface area contributed by atoms with Crippen molar-refractivity contribution in [1.82, 2.24) is 9.97 Å². The summed E-state index contributed by atoms with van der Waals surface area (Å²) in [5.41, 5.74) is 10.3. The van der Waals surface area contributed by atoms with Crippen molar-refractivity contribution in [3.63, 3.8) is 0 Å². The van der Waals surface area contributed by atoms with E-state index in [1.807, 2.05) is 91.0 Å². The molecule has 10 rings (SSSR count). The predicted octanol–water partition coefficient (Wildman–Crippen LogP) is 12.5. The van der Waals surface area contributed by atoms with Crippen LogP contribution in [-0.2, 0) is 0 Å².